The first-order valence-electron chi connectivity index (χ1n) is 5.85. The standard InChI is InChI=1S/C13H8Br2ClN5/c14-8-3-7(4-10(17)5-8)13-18-19-20-21(13)12-2-1-9(16)6-11(12)15/h1-6H,17H2. The lowest BCUT2D eigenvalue weighted by molar-refractivity contribution is 0.789. The highest BCUT2D eigenvalue weighted by molar-refractivity contribution is 9.10. The van der Waals surface area contributed by atoms with Gasteiger partial charge in [-0.3, -0.25) is 0 Å². The van der Waals surface area contributed by atoms with E-state index in [4.69, 9.17) is 17.3 Å². The summed E-state index contributed by atoms with van der Waals surface area (Å²) in [5.41, 5.74) is 8.10. The number of nitrogens with zero attached hydrogens (tertiary/aromatic N) is 4. The van der Waals surface area contributed by atoms with Gasteiger partial charge in [0.2, 0.25) is 0 Å². The van der Waals surface area contributed by atoms with Gasteiger partial charge in [0.15, 0.2) is 5.82 Å². The SMILES string of the molecule is Nc1cc(Br)cc(-c2nnnn2-c2ccc(Cl)cc2Br)c1. The van der Waals surface area contributed by atoms with E-state index in [-0.39, 0.29) is 0 Å². The Balaban J connectivity index is 2.17. The monoisotopic (exact) mass is 427 g/mol. The number of nitrogen functional groups attached to an aromatic ring is 1. The molecule has 0 saturated heterocycles. The van der Waals surface area contributed by atoms with Gasteiger partial charge in [0.25, 0.3) is 0 Å². The first-order chi connectivity index (χ1) is 10.0. The summed E-state index contributed by atoms with van der Waals surface area (Å²) in [6.07, 6.45) is 0. The first kappa shape index (κ1) is 14.5. The van der Waals surface area contributed by atoms with Gasteiger partial charge in [-0.25, -0.2) is 0 Å². The zero-order valence-corrected chi connectivity index (χ0v) is 14.4. The molecule has 2 aromatic carbocycles. The molecule has 0 aliphatic heterocycles. The summed E-state index contributed by atoms with van der Waals surface area (Å²) in [7, 11) is 0. The molecule has 3 rings (SSSR count). The quantitative estimate of drug-likeness (QED) is 0.623. The van der Waals surface area contributed by atoms with Gasteiger partial charge in [0.1, 0.15) is 0 Å². The number of rotatable bonds is 2. The maximum absolute atomic E-state index is 5.96. The lowest BCUT2D eigenvalue weighted by atomic mass is 10.2. The number of anilines is 1. The van der Waals surface area contributed by atoms with Crippen LogP contribution in [-0.2, 0) is 0 Å². The van der Waals surface area contributed by atoms with Crippen molar-refractivity contribution in [1.82, 2.24) is 20.2 Å². The lowest BCUT2D eigenvalue weighted by Gasteiger charge is -2.08. The number of aromatic nitrogens is 4. The zero-order valence-electron chi connectivity index (χ0n) is 10.5. The molecule has 0 radical (unpaired) electrons. The molecular weight excluding hydrogens is 421 g/mol. The molecule has 0 aliphatic rings. The summed E-state index contributed by atoms with van der Waals surface area (Å²) < 4.78 is 3.29. The van der Waals surface area contributed by atoms with Gasteiger partial charge in [-0.05, 0) is 62.8 Å². The number of hydrogen-bond donors (Lipinski definition) is 1. The molecule has 3 aromatic rings. The number of hydrogen-bond acceptors (Lipinski definition) is 4. The second-order valence-electron chi connectivity index (χ2n) is 4.28. The molecule has 0 bridgehead atoms. The second kappa shape index (κ2) is 5.75. The van der Waals surface area contributed by atoms with Crippen molar-refractivity contribution in [2.75, 3.05) is 5.73 Å². The summed E-state index contributed by atoms with van der Waals surface area (Å²) in [6, 6.07) is 10.9. The highest BCUT2D eigenvalue weighted by Crippen LogP contribution is 2.29. The summed E-state index contributed by atoms with van der Waals surface area (Å²) in [4.78, 5) is 0. The van der Waals surface area contributed by atoms with Gasteiger partial charge in [0, 0.05) is 25.2 Å². The minimum Gasteiger partial charge on any atom is -0.399 e. The van der Waals surface area contributed by atoms with Crippen molar-refractivity contribution < 1.29 is 0 Å². The molecule has 0 saturated carbocycles. The molecule has 0 unspecified atom stereocenters. The largest absolute Gasteiger partial charge is 0.399 e. The highest BCUT2D eigenvalue weighted by atomic mass is 79.9. The Kier molecular flexibility index (Phi) is 3.97. The van der Waals surface area contributed by atoms with Crippen molar-refractivity contribution in [3.63, 3.8) is 0 Å². The van der Waals surface area contributed by atoms with Crippen LogP contribution >= 0.6 is 43.5 Å². The third kappa shape index (κ3) is 2.95. The Morgan fingerprint density at radius 3 is 2.62 bits per heavy atom. The van der Waals surface area contributed by atoms with E-state index in [0.29, 0.717) is 16.5 Å². The molecule has 1 aromatic heterocycles. The molecule has 0 spiro atoms. The Morgan fingerprint density at radius 1 is 1.10 bits per heavy atom. The molecule has 5 nitrogen and oxygen atoms in total. The van der Waals surface area contributed by atoms with Crippen LogP contribution in [0.1, 0.15) is 0 Å². The Labute approximate surface area is 142 Å². The average molecular weight is 430 g/mol. The van der Waals surface area contributed by atoms with Crippen LogP contribution in [0.4, 0.5) is 5.69 Å². The fourth-order valence-corrected chi connectivity index (χ4v) is 3.29. The van der Waals surface area contributed by atoms with E-state index >= 15 is 0 Å². The summed E-state index contributed by atoms with van der Waals surface area (Å²) in [5.74, 6) is 0.589. The van der Waals surface area contributed by atoms with Crippen LogP contribution in [0, 0.1) is 0 Å². The van der Waals surface area contributed by atoms with Crippen LogP contribution < -0.4 is 5.73 Å². The Bertz CT molecular complexity index is 798. The van der Waals surface area contributed by atoms with Crippen molar-refractivity contribution in [1.29, 1.82) is 0 Å². The molecule has 0 fully saturated rings. The van der Waals surface area contributed by atoms with E-state index in [1.807, 2.05) is 24.3 Å². The van der Waals surface area contributed by atoms with Crippen LogP contribution in [0.3, 0.4) is 0 Å². The smallest absolute Gasteiger partial charge is 0.187 e. The van der Waals surface area contributed by atoms with Crippen LogP contribution in [0.5, 0.6) is 0 Å². The van der Waals surface area contributed by atoms with Crippen molar-refractivity contribution >= 4 is 49.1 Å². The topological polar surface area (TPSA) is 69.6 Å². The van der Waals surface area contributed by atoms with E-state index < -0.39 is 0 Å². The third-order valence-electron chi connectivity index (χ3n) is 2.79. The van der Waals surface area contributed by atoms with Crippen molar-refractivity contribution in [3.8, 4) is 17.1 Å². The van der Waals surface area contributed by atoms with Crippen LogP contribution in [0.2, 0.25) is 5.02 Å². The molecule has 2 N–H and O–H groups in total. The van der Waals surface area contributed by atoms with Gasteiger partial charge in [0.05, 0.1) is 5.69 Å². The van der Waals surface area contributed by atoms with Gasteiger partial charge in [-0.1, -0.05) is 27.5 Å². The predicted octanol–water partition coefficient (Wildman–Crippen LogP) is 4.09. The third-order valence-corrected chi connectivity index (χ3v) is 4.11. The van der Waals surface area contributed by atoms with Gasteiger partial charge < -0.3 is 5.73 Å². The zero-order chi connectivity index (χ0) is 15.0. The van der Waals surface area contributed by atoms with Gasteiger partial charge >= 0.3 is 0 Å². The molecule has 21 heavy (non-hydrogen) atoms. The second-order valence-corrected chi connectivity index (χ2v) is 6.49. The number of halogens is 3. The van der Waals surface area contributed by atoms with Gasteiger partial charge in [-0.2, -0.15) is 4.68 Å². The Hall–Kier alpha value is -1.44. The highest BCUT2D eigenvalue weighted by Gasteiger charge is 2.14. The predicted molar refractivity (Wildman–Crippen MR) is 89.4 cm³/mol. The minimum atomic E-state index is 0.589. The van der Waals surface area contributed by atoms with E-state index in [2.05, 4.69) is 47.4 Å². The van der Waals surface area contributed by atoms with Crippen molar-refractivity contribution in [3.05, 3.63) is 50.4 Å². The van der Waals surface area contributed by atoms with Crippen LogP contribution in [0.15, 0.2) is 45.3 Å². The van der Waals surface area contributed by atoms with Crippen molar-refractivity contribution in [2.24, 2.45) is 0 Å². The summed E-state index contributed by atoms with van der Waals surface area (Å²) in [6.45, 7) is 0. The number of nitrogens with two attached hydrogens (primary N) is 1. The van der Waals surface area contributed by atoms with Crippen molar-refractivity contribution in [2.45, 2.75) is 0 Å². The van der Waals surface area contributed by atoms with Gasteiger partial charge in [-0.15, -0.1) is 5.10 Å². The molecular formula is C13H8Br2ClN5. The van der Waals surface area contributed by atoms with E-state index in [1.54, 1.807) is 16.8 Å². The van der Waals surface area contributed by atoms with E-state index in [9.17, 15) is 0 Å². The first-order valence-corrected chi connectivity index (χ1v) is 7.81. The molecule has 1 heterocycles. The fraction of sp³-hybridized carbons (Fsp3) is 0. The normalized spacial score (nSPS) is 10.8. The fourth-order valence-electron chi connectivity index (χ4n) is 1.92. The maximum Gasteiger partial charge on any atom is 0.187 e. The molecule has 106 valence electrons. The number of benzene rings is 2. The lowest BCUT2D eigenvalue weighted by Crippen LogP contribution is -2.01. The molecule has 0 atom stereocenters. The van der Waals surface area contributed by atoms with Crippen LogP contribution in [0.25, 0.3) is 17.1 Å². The van der Waals surface area contributed by atoms with E-state index in [0.717, 1.165) is 20.2 Å². The maximum atomic E-state index is 5.96. The molecule has 0 aliphatic carbocycles. The minimum absolute atomic E-state index is 0.589. The molecule has 0 amide bonds. The van der Waals surface area contributed by atoms with Crippen LogP contribution in [-0.4, -0.2) is 20.2 Å². The molecule has 8 heteroatoms. The summed E-state index contributed by atoms with van der Waals surface area (Å²) >= 11 is 12.9. The number of tetrazole rings is 1. The Morgan fingerprint density at radius 2 is 1.90 bits per heavy atom. The average Bonchev–Trinajstić information content (AvgIpc) is 2.86. The summed E-state index contributed by atoms with van der Waals surface area (Å²) in [5, 5.41) is 12.5. The van der Waals surface area contributed by atoms with E-state index in [1.165, 1.54) is 0 Å².